The molecule has 0 atom stereocenters. The topological polar surface area (TPSA) is 29.3 Å². The molecule has 2 N–H and O–H groups in total. The Morgan fingerprint density at radius 2 is 2.14 bits per heavy atom. The standard InChI is InChI=1S/C12H18N2/c1-4-14-8-12(2,3)10-6-5-9(13)7-11(10)14/h5-7H,4,8,13H2,1-3H3. The summed E-state index contributed by atoms with van der Waals surface area (Å²) in [6, 6.07) is 6.26. The molecule has 0 aromatic heterocycles. The lowest BCUT2D eigenvalue weighted by Crippen LogP contribution is -2.28. The van der Waals surface area contributed by atoms with Gasteiger partial charge in [0.15, 0.2) is 0 Å². The fourth-order valence-electron chi connectivity index (χ4n) is 2.31. The van der Waals surface area contributed by atoms with Crippen molar-refractivity contribution in [3.8, 4) is 0 Å². The second-order valence-corrected chi connectivity index (χ2v) is 4.67. The lowest BCUT2D eigenvalue weighted by molar-refractivity contribution is 0.554. The van der Waals surface area contributed by atoms with E-state index in [1.165, 1.54) is 11.3 Å². The van der Waals surface area contributed by atoms with E-state index >= 15 is 0 Å². The Balaban J connectivity index is 2.54. The minimum absolute atomic E-state index is 0.263. The summed E-state index contributed by atoms with van der Waals surface area (Å²) in [6.07, 6.45) is 0. The van der Waals surface area contributed by atoms with Crippen molar-refractivity contribution in [2.75, 3.05) is 23.7 Å². The predicted molar refractivity (Wildman–Crippen MR) is 61.8 cm³/mol. The molecular formula is C12H18N2. The van der Waals surface area contributed by atoms with Crippen molar-refractivity contribution in [1.29, 1.82) is 0 Å². The summed E-state index contributed by atoms with van der Waals surface area (Å²) < 4.78 is 0. The molecule has 14 heavy (non-hydrogen) atoms. The fraction of sp³-hybridized carbons (Fsp3) is 0.500. The first-order chi connectivity index (χ1) is 6.54. The maximum Gasteiger partial charge on any atom is 0.0425 e. The van der Waals surface area contributed by atoms with Crippen LogP contribution >= 0.6 is 0 Å². The van der Waals surface area contributed by atoms with Crippen molar-refractivity contribution in [2.24, 2.45) is 0 Å². The average molecular weight is 190 g/mol. The molecular weight excluding hydrogens is 172 g/mol. The van der Waals surface area contributed by atoms with Gasteiger partial charge in [-0.15, -0.1) is 0 Å². The quantitative estimate of drug-likeness (QED) is 0.689. The van der Waals surface area contributed by atoms with Crippen molar-refractivity contribution in [3.05, 3.63) is 23.8 Å². The Kier molecular flexibility index (Phi) is 1.95. The maximum atomic E-state index is 5.81. The summed E-state index contributed by atoms with van der Waals surface area (Å²) >= 11 is 0. The van der Waals surface area contributed by atoms with Crippen molar-refractivity contribution in [2.45, 2.75) is 26.2 Å². The van der Waals surface area contributed by atoms with Crippen molar-refractivity contribution in [3.63, 3.8) is 0 Å². The number of rotatable bonds is 1. The molecule has 0 fully saturated rings. The van der Waals surface area contributed by atoms with Crippen LogP contribution in [0.1, 0.15) is 26.3 Å². The van der Waals surface area contributed by atoms with Gasteiger partial charge in [-0.3, -0.25) is 0 Å². The van der Waals surface area contributed by atoms with Crippen molar-refractivity contribution < 1.29 is 0 Å². The zero-order chi connectivity index (χ0) is 10.3. The smallest absolute Gasteiger partial charge is 0.0425 e. The zero-order valence-corrected chi connectivity index (χ0v) is 9.17. The highest BCUT2D eigenvalue weighted by Crippen LogP contribution is 2.40. The normalized spacial score (nSPS) is 18.4. The molecule has 1 heterocycles. The first-order valence-corrected chi connectivity index (χ1v) is 5.19. The van der Waals surface area contributed by atoms with Crippen molar-refractivity contribution in [1.82, 2.24) is 0 Å². The van der Waals surface area contributed by atoms with Gasteiger partial charge in [0.05, 0.1) is 0 Å². The first-order valence-electron chi connectivity index (χ1n) is 5.19. The highest BCUT2D eigenvalue weighted by molar-refractivity contribution is 5.67. The van der Waals surface area contributed by atoms with Gasteiger partial charge in [0, 0.05) is 29.9 Å². The molecule has 0 bridgehead atoms. The lowest BCUT2D eigenvalue weighted by atomic mass is 9.87. The van der Waals surface area contributed by atoms with Gasteiger partial charge in [-0.05, 0) is 24.6 Å². The highest BCUT2D eigenvalue weighted by Gasteiger charge is 2.33. The highest BCUT2D eigenvalue weighted by atomic mass is 15.2. The number of likely N-dealkylation sites (N-methyl/N-ethyl adjacent to an activating group) is 1. The Morgan fingerprint density at radius 3 is 2.79 bits per heavy atom. The van der Waals surface area contributed by atoms with Gasteiger partial charge in [-0.25, -0.2) is 0 Å². The van der Waals surface area contributed by atoms with E-state index in [4.69, 9.17) is 5.73 Å². The van der Waals surface area contributed by atoms with E-state index in [1.807, 2.05) is 6.07 Å². The second kappa shape index (κ2) is 2.91. The summed E-state index contributed by atoms with van der Waals surface area (Å²) in [6.45, 7) is 8.92. The van der Waals surface area contributed by atoms with Crippen LogP contribution in [0, 0.1) is 0 Å². The second-order valence-electron chi connectivity index (χ2n) is 4.67. The Morgan fingerprint density at radius 1 is 1.43 bits per heavy atom. The van der Waals surface area contributed by atoms with Crippen LogP contribution in [0.3, 0.4) is 0 Å². The monoisotopic (exact) mass is 190 g/mol. The van der Waals surface area contributed by atoms with Crippen LogP contribution in [0.25, 0.3) is 0 Å². The van der Waals surface area contributed by atoms with E-state index in [0.29, 0.717) is 0 Å². The molecule has 2 heteroatoms. The van der Waals surface area contributed by atoms with E-state index in [2.05, 4.69) is 37.8 Å². The van der Waals surface area contributed by atoms with Gasteiger partial charge in [-0.1, -0.05) is 19.9 Å². The van der Waals surface area contributed by atoms with Crippen LogP contribution in [0.15, 0.2) is 18.2 Å². The Bertz CT molecular complexity index is 355. The summed E-state index contributed by atoms with van der Waals surface area (Å²) in [5.41, 5.74) is 9.68. The fourth-order valence-corrected chi connectivity index (χ4v) is 2.31. The number of hydrogen-bond acceptors (Lipinski definition) is 2. The van der Waals surface area contributed by atoms with Crippen LogP contribution in [0.5, 0.6) is 0 Å². The number of benzene rings is 1. The molecule has 76 valence electrons. The van der Waals surface area contributed by atoms with Crippen LogP contribution in [0.4, 0.5) is 11.4 Å². The van der Waals surface area contributed by atoms with Crippen LogP contribution in [0.2, 0.25) is 0 Å². The average Bonchev–Trinajstić information content (AvgIpc) is 2.37. The zero-order valence-electron chi connectivity index (χ0n) is 9.17. The van der Waals surface area contributed by atoms with E-state index in [-0.39, 0.29) is 5.41 Å². The van der Waals surface area contributed by atoms with Gasteiger partial charge in [-0.2, -0.15) is 0 Å². The van der Waals surface area contributed by atoms with E-state index in [0.717, 1.165) is 18.8 Å². The largest absolute Gasteiger partial charge is 0.399 e. The molecule has 1 aliphatic heterocycles. The van der Waals surface area contributed by atoms with Crippen molar-refractivity contribution >= 4 is 11.4 Å². The number of nitrogens with two attached hydrogens (primary N) is 1. The molecule has 1 aliphatic rings. The minimum atomic E-state index is 0.263. The number of hydrogen-bond donors (Lipinski definition) is 1. The van der Waals surface area contributed by atoms with Gasteiger partial charge >= 0.3 is 0 Å². The molecule has 0 saturated heterocycles. The molecule has 0 amide bonds. The maximum absolute atomic E-state index is 5.81. The minimum Gasteiger partial charge on any atom is -0.399 e. The number of nitrogen functional groups attached to an aromatic ring is 1. The third-order valence-corrected chi connectivity index (χ3v) is 3.06. The van der Waals surface area contributed by atoms with E-state index in [9.17, 15) is 0 Å². The number of fused-ring (bicyclic) bond motifs is 1. The molecule has 0 saturated carbocycles. The predicted octanol–water partition coefficient (Wildman–Crippen LogP) is 2.39. The Hall–Kier alpha value is -1.18. The molecule has 1 aromatic rings. The molecule has 0 unspecified atom stereocenters. The number of anilines is 2. The number of nitrogens with zero attached hydrogens (tertiary/aromatic N) is 1. The van der Waals surface area contributed by atoms with Gasteiger partial charge < -0.3 is 10.6 Å². The molecule has 2 nitrogen and oxygen atoms in total. The third kappa shape index (κ3) is 1.26. The summed E-state index contributed by atoms with van der Waals surface area (Å²) in [5, 5.41) is 0. The SMILES string of the molecule is CCN1CC(C)(C)c2ccc(N)cc21. The van der Waals surface area contributed by atoms with Crippen LogP contribution in [-0.4, -0.2) is 13.1 Å². The molecule has 2 rings (SSSR count). The summed E-state index contributed by atoms with van der Waals surface area (Å²) in [4.78, 5) is 2.39. The van der Waals surface area contributed by atoms with Gasteiger partial charge in [0.2, 0.25) is 0 Å². The summed E-state index contributed by atoms with van der Waals surface area (Å²) in [7, 11) is 0. The Labute approximate surface area is 85.7 Å². The van der Waals surface area contributed by atoms with Crippen LogP contribution in [-0.2, 0) is 5.41 Å². The molecule has 0 aliphatic carbocycles. The summed E-state index contributed by atoms with van der Waals surface area (Å²) in [5.74, 6) is 0. The van der Waals surface area contributed by atoms with Gasteiger partial charge in [0.25, 0.3) is 0 Å². The molecule has 0 spiro atoms. The molecule has 1 aromatic carbocycles. The van der Waals surface area contributed by atoms with E-state index in [1.54, 1.807) is 0 Å². The lowest BCUT2D eigenvalue weighted by Gasteiger charge is -2.20. The first kappa shape index (κ1) is 9.38. The van der Waals surface area contributed by atoms with E-state index < -0.39 is 0 Å². The van der Waals surface area contributed by atoms with Gasteiger partial charge in [0.1, 0.15) is 0 Å². The van der Waals surface area contributed by atoms with Crippen LogP contribution < -0.4 is 10.6 Å². The third-order valence-electron chi connectivity index (χ3n) is 3.06. The molecule has 0 radical (unpaired) electrons.